The van der Waals surface area contributed by atoms with Crippen molar-refractivity contribution >= 4 is 17.6 Å². The van der Waals surface area contributed by atoms with Crippen LogP contribution in [0.1, 0.15) is 11.1 Å². The van der Waals surface area contributed by atoms with Crippen LogP contribution >= 0.6 is 0 Å². The number of esters is 1. The van der Waals surface area contributed by atoms with Crippen molar-refractivity contribution in [2.75, 3.05) is 12.4 Å². The van der Waals surface area contributed by atoms with Crippen LogP contribution in [0.25, 0.3) is 0 Å². The van der Waals surface area contributed by atoms with Crippen LogP contribution in [0.4, 0.5) is 5.69 Å². The van der Waals surface area contributed by atoms with Crippen LogP contribution in [0.5, 0.6) is 0 Å². The van der Waals surface area contributed by atoms with Gasteiger partial charge in [-0.25, -0.2) is 0 Å². The number of hydrogen-bond donors (Lipinski definition) is 1. The Kier molecular flexibility index (Phi) is 2.41. The third kappa shape index (κ3) is 1.83. The van der Waals surface area contributed by atoms with Crippen molar-refractivity contribution < 1.29 is 14.3 Å². The van der Waals surface area contributed by atoms with Gasteiger partial charge < -0.3 is 10.1 Å². The Morgan fingerprint density at radius 2 is 2.33 bits per heavy atom. The fraction of sp³-hybridized carbons (Fsp3) is 0.273. The maximum Gasteiger partial charge on any atom is 0.309 e. The molecule has 1 aliphatic heterocycles. The lowest BCUT2D eigenvalue weighted by Gasteiger charge is -2.05. The van der Waals surface area contributed by atoms with E-state index in [0.29, 0.717) is 6.42 Å². The highest BCUT2D eigenvalue weighted by Gasteiger charge is 2.21. The first-order valence-corrected chi connectivity index (χ1v) is 4.68. The van der Waals surface area contributed by atoms with E-state index in [2.05, 4.69) is 10.1 Å². The molecular weight excluding hydrogens is 194 g/mol. The van der Waals surface area contributed by atoms with Crippen molar-refractivity contribution in [1.29, 1.82) is 0 Å². The number of ether oxygens (including phenoxy) is 1. The van der Waals surface area contributed by atoms with Crippen LogP contribution in [0, 0.1) is 0 Å². The van der Waals surface area contributed by atoms with E-state index >= 15 is 0 Å². The molecule has 4 heteroatoms. The first-order valence-electron chi connectivity index (χ1n) is 4.68. The van der Waals surface area contributed by atoms with Crippen molar-refractivity contribution in [1.82, 2.24) is 0 Å². The van der Waals surface area contributed by atoms with Gasteiger partial charge in [0, 0.05) is 5.69 Å². The van der Waals surface area contributed by atoms with Crippen LogP contribution in [0.15, 0.2) is 18.2 Å². The molecule has 0 saturated carbocycles. The predicted molar refractivity (Wildman–Crippen MR) is 54.5 cm³/mol. The molecule has 1 amide bonds. The molecule has 0 aliphatic carbocycles. The number of carbonyl (C=O) groups excluding carboxylic acids is 2. The van der Waals surface area contributed by atoms with Crippen molar-refractivity contribution in [3.05, 3.63) is 29.3 Å². The third-order valence-corrected chi connectivity index (χ3v) is 2.45. The number of methoxy groups -OCH3 is 1. The summed E-state index contributed by atoms with van der Waals surface area (Å²) >= 11 is 0. The molecule has 0 spiro atoms. The van der Waals surface area contributed by atoms with E-state index in [1.54, 1.807) is 0 Å². The molecule has 2 rings (SSSR count). The molecule has 0 saturated heterocycles. The summed E-state index contributed by atoms with van der Waals surface area (Å²) in [7, 11) is 1.36. The van der Waals surface area contributed by atoms with Gasteiger partial charge in [0.25, 0.3) is 0 Å². The molecule has 1 aromatic carbocycles. The fourth-order valence-corrected chi connectivity index (χ4v) is 1.71. The second-order valence-electron chi connectivity index (χ2n) is 3.42. The van der Waals surface area contributed by atoms with Gasteiger partial charge >= 0.3 is 5.97 Å². The number of hydrogen-bond acceptors (Lipinski definition) is 3. The monoisotopic (exact) mass is 205 g/mol. The summed E-state index contributed by atoms with van der Waals surface area (Å²) in [6, 6.07) is 5.50. The van der Waals surface area contributed by atoms with Crippen molar-refractivity contribution in [3.63, 3.8) is 0 Å². The first kappa shape index (κ1) is 9.71. The van der Waals surface area contributed by atoms with Gasteiger partial charge in [-0.3, -0.25) is 9.59 Å². The van der Waals surface area contributed by atoms with Gasteiger partial charge in [0.05, 0.1) is 20.0 Å². The summed E-state index contributed by atoms with van der Waals surface area (Å²) < 4.78 is 4.60. The molecule has 0 unspecified atom stereocenters. The molecule has 0 atom stereocenters. The summed E-state index contributed by atoms with van der Waals surface area (Å²) in [6.07, 6.45) is 0.567. The fourth-order valence-electron chi connectivity index (χ4n) is 1.71. The van der Waals surface area contributed by atoms with Gasteiger partial charge in [0.1, 0.15) is 0 Å². The minimum atomic E-state index is -0.289. The summed E-state index contributed by atoms with van der Waals surface area (Å²) in [5, 5.41) is 2.74. The lowest BCUT2D eigenvalue weighted by molar-refractivity contribution is -0.139. The molecule has 0 aromatic heterocycles. The molecule has 78 valence electrons. The third-order valence-electron chi connectivity index (χ3n) is 2.45. The standard InChI is InChI=1S/C11H11NO3/c1-15-11(14)5-7-3-2-4-9-8(7)6-10(13)12-9/h2-4H,5-6H2,1H3,(H,12,13). The molecule has 1 heterocycles. The molecule has 0 radical (unpaired) electrons. The second kappa shape index (κ2) is 3.73. The summed E-state index contributed by atoms with van der Waals surface area (Å²) in [5.74, 6) is -0.315. The number of nitrogens with one attached hydrogen (secondary N) is 1. The second-order valence-corrected chi connectivity index (χ2v) is 3.42. The molecule has 1 aliphatic rings. The highest BCUT2D eigenvalue weighted by Crippen LogP contribution is 2.26. The lowest BCUT2D eigenvalue weighted by atomic mass is 10.0. The number of amides is 1. The SMILES string of the molecule is COC(=O)Cc1cccc2c1CC(=O)N2. The van der Waals surface area contributed by atoms with Crippen LogP contribution in [0.2, 0.25) is 0 Å². The van der Waals surface area contributed by atoms with E-state index in [-0.39, 0.29) is 18.3 Å². The number of benzene rings is 1. The maximum absolute atomic E-state index is 11.2. The Morgan fingerprint density at radius 3 is 3.07 bits per heavy atom. The van der Waals surface area contributed by atoms with Gasteiger partial charge in [0.15, 0.2) is 0 Å². The zero-order chi connectivity index (χ0) is 10.8. The number of rotatable bonds is 2. The van der Waals surface area contributed by atoms with Gasteiger partial charge in [-0.15, -0.1) is 0 Å². The maximum atomic E-state index is 11.2. The lowest BCUT2D eigenvalue weighted by Crippen LogP contribution is -2.06. The average molecular weight is 205 g/mol. The Balaban J connectivity index is 2.30. The zero-order valence-corrected chi connectivity index (χ0v) is 8.37. The first-order chi connectivity index (χ1) is 7.20. The molecule has 0 bridgehead atoms. The van der Waals surface area contributed by atoms with Gasteiger partial charge in [-0.1, -0.05) is 12.1 Å². The van der Waals surface area contributed by atoms with E-state index in [9.17, 15) is 9.59 Å². The molecule has 1 aromatic rings. The Labute approximate surface area is 87.2 Å². The molecule has 15 heavy (non-hydrogen) atoms. The van der Waals surface area contributed by atoms with E-state index in [0.717, 1.165) is 16.8 Å². The van der Waals surface area contributed by atoms with E-state index in [1.165, 1.54) is 7.11 Å². The largest absolute Gasteiger partial charge is 0.469 e. The number of fused-ring (bicyclic) bond motifs is 1. The van der Waals surface area contributed by atoms with E-state index in [4.69, 9.17) is 0 Å². The summed E-state index contributed by atoms with van der Waals surface area (Å²) in [6.45, 7) is 0. The van der Waals surface area contributed by atoms with Crippen LogP contribution in [-0.2, 0) is 27.2 Å². The quantitative estimate of drug-likeness (QED) is 0.730. The van der Waals surface area contributed by atoms with E-state index in [1.807, 2.05) is 18.2 Å². The molecular formula is C11H11NO3. The highest BCUT2D eigenvalue weighted by molar-refractivity contribution is 5.99. The van der Waals surface area contributed by atoms with Gasteiger partial charge in [0.2, 0.25) is 5.91 Å². The average Bonchev–Trinajstić information content (AvgIpc) is 2.59. The van der Waals surface area contributed by atoms with Crippen molar-refractivity contribution in [3.8, 4) is 0 Å². The van der Waals surface area contributed by atoms with Gasteiger partial charge in [-0.2, -0.15) is 0 Å². The summed E-state index contributed by atoms with van der Waals surface area (Å²) in [5.41, 5.74) is 2.58. The highest BCUT2D eigenvalue weighted by atomic mass is 16.5. The topological polar surface area (TPSA) is 55.4 Å². The van der Waals surface area contributed by atoms with Gasteiger partial charge in [-0.05, 0) is 17.2 Å². The van der Waals surface area contributed by atoms with Crippen LogP contribution < -0.4 is 5.32 Å². The molecule has 4 nitrogen and oxygen atoms in total. The van der Waals surface area contributed by atoms with Crippen molar-refractivity contribution in [2.24, 2.45) is 0 Å². The number of carbonyl (C=O) groups is 2. The Hall–Kier alpha value is -1.84. The molecule has 1 N–H and O–H groups in total. The van der Waals surface area contributed by atoms with Crippen molar-refractivity contribution in [2.45, 2.75) is 12.8 Å². The molecule has 0 fully saturated rings. The number of anilines is 1. The van der Waals surface area contributed by atoms with Crippen LogP contribution in [0.3, 0.4) is 0 Å². The van der Waals surface area contributed by atoms with E-state index < -0.39 is 0 Å². The predicted octanol–water partition coefficient (Wildman–Crippen LogP) is 0.897. The normalized spacial score (nSPS) is 13.3. The Bertz CT molecular complexity index is 426. The smallest absolute Gasteiger partial charge is 0.309 e. The van der Waals surface area contributed by atoms with Crippen LogP contribution in [-0.4, -0.2) is 19.0 Å². The minimum Gasteiger partial charge on any atom is -0.469 e. The zero-order valence-electron chi connectivity index (χ0n) is 8.37. The Morgan fingerprint density at radius 1 is 1.53 bits per heavy atom. The minimum absolute atomic E-state index is 0.0256. The summed E-state index contributed by atoms with van der Waals surface area (Å²) in [4.78, 5) is 22.3.